The van der Waals surface area contributed by atoms with E-state index in [0.29, 0.717) is 16.9 Å². The summed E-state index contributed by atoms with van der Waals surface area (Å²) in [5.41, 5.74) is 0.318. The predicted molar refractivity (Wildman–Crippen MR) is 91.8 cm³/mol. The zero-order valence-electron chi connectivity index (χ0n) is 13.6. The van der Waals surface area contributed by atoms with Gasteiger partial charge in [0, 0.05) is 6.42 Å². The molecule has 0 atom stereocenters. The number of carbonyl (C=O) groups excluding carboxylic acids is 1. The lowest BCUT2D eigenvalue weighted by Gasteiger charge is -2.02. The Kier molecular flexibility index (Phi) is 7.08. The SMILES string of the molecule is O=C(OCCC=C(F)F)c1ccc2sc(S(=O)(=O)CCC=C(F)F)nc2c1. The van der Waals surface area contributed by atoms with E-state index in [2.05, 4.69) is 4.98 Å². The third-order valence-corrected chi connectivity index (χ3v) is 6.44. The number of esters is 1. The van der Waals surface area contributed by atoms with Crippen molar-refractivity contribution in [2.75, 3.05) is 12.4 Å². The highest BCUT2D eigenvalue weighted by Gasteiger charge is 2.20. The smallest absolute Gasteiger partial charge is 0.338 e. The summed E-state index contributed by atoms with van der Waals surface area (Å²) in [6.45, 7) is -0.233. The number of nitrogens with zero attached hydrogens (tertiary/aromatic N) is 1. The molecule has 1 heterocycles. The van der Waals surface area contributed by atoms with Crippen molar-refractivity contribution in [2.45, 2.75) is 17.2 Å². The van der Waals surface area contributed by atoms with Crippen LogP contribution in [0.25, 0.3) is 10.2 Å². The Bertz CT molecular complexity index is 991. The summed E-state index contributed by atoms with van der Waals surface area (Å²) in [5, 5.41) is 0. The number of benzene rings is 1. The molecule has 0 saturated heterocycles. The lowest BCUT2D eigenvalue weighted by molar-refractivity contribution is 0.0510. The number of carbonyl (C=O) groups is 1. The van der Waals surface area contributed by atoms with Gasteiger partial charge in [0.25, 0.3) is 12.2 Å². The summed E-state index contributed by atoms with van der Waals surface area (Å²) in [7, 11) is -3.84. The Morgan fingerprint density at radius 2 is 1.78 bits per heavy atom. The molecule has 0 bridgehead atoms. The Morgan fingerprint density at radius 1 is 1.11 bits per heavy atom. The number of halogens is 4. The van der Waals surface area contributed by atoms with E-state index < -0.39 is 33.7 Å². The van der Waals surface area contributed by atoms with Crippen LogP contribution in [0.1, 0.15) is 23.2 Å². The van der Waals surface area contributed by atoms with Crippen LogP contribution in [0, 0.1) is 0 Å². The molecule has 0 saturated carbocycles. The summed E-state index contributed by atoms with van der Waals surface area (Å²) in [5.74, 6) is -1.27. The third kappa shape index (κ3) is 6.14. The van der Waals surface area contributed by atoms with Crippen LogP contribution in [0.4, 0.5) is 17.6 Å². The van der Waals surface area contributed by atoms with E-state index in [9.17, 15) is 30.8 Å². The average Bonchev–Trinajstić information content (AvgIpc) is 3.02. The molecule has 11 heteroatoms. The molecule has 0 N–H and O–H groups in total. The van der Waals surface area contributed by atoms with Gasteiger partial charge >= 0.3 is 5.97 Å². The van der Waals surface area contributed by atoms with E-state index in [-0.39, 0.29) is 34.9 Å². The summed E-state index contributed by atoms with van der Waals surface area (Å²) < 4.78 is 77.2. The first kappa shape index (κ1) is 21.0. The monoisotopic (exact) mass is 423 g/mol. The van der Waals surface area contributed by atoms with Gasteiger partial charge in [-0.15, -0.1) is 11.3 Å². The third-order valence-electron chi connectivity index (χ3n) is 3.20. The van der Waals surface area contributed by atoms with Crippen LogP contribution in [0.3, 0.4) is 0 Å². The summed E-state index contributed by atoms with van der Waals surface area (Å²) in [6, 6.07) is 4.19. The Balaban J connectivity index is 2.13. The molecule has 1 aromatic heterocycles. The molecule has 0 unspecified atom stereocenters. The second kappa shape index (κ2) is 9.09. The fraction of sp³-hybridized carbons (Fsp3) is 0.250. The summed E-state index contributed by atoms with van der Waals surface area (Å²) in [4.78, 5) is 15.8. The number of thiazole rings is 1. The first-order chi connectivity index (χ1) is 12.7. The highest BCUT2D eigenvalue weighted by atomic mass is 32.2. The van der Waals surface area contributed by atoms with Gasteiger partial charge in [0.05, 0.1) is 28.1 Å². The summed E-state index contributed by atoms with van der Waals surface area (Å²) >= 11 is 0.858. The van der Waals surface area contributed by atoms with Crippen LogP contribution in [0.15, 0.2) is 46.9 Å². The Labute approximate surface area is 155 Å². The molecule has 5 nitrogen and oxygen atoms in total. The number of rotatable bonds is 8. The minimum Gasteiger partial charge on any atom is -0.462 e. The maximum Gasteiger partial charge on any atom is 0.338 e. The average molecular weight is 423 g/mol. The number of hydrogen-bond acceptors (Lipinski definition) is 6. The predicted octanol–water partition coefficient (Wildman–Crippen LogP) is 4.57. The van der Waals surface area contributed by atoms with Crippen LogP contribution in [-0.2, 0) is 14.6 Å². The molecule has 0 radical (unpaired) electrons. The fourth-order valence-electron chi connectivity index (χ4n) is 1.98. The van der Waals surface area contributed by atoms with Crippen molar-refractivity contribution in [3.63, 3.8) is 0 Å². The number of sulfone groups is 1. The highest BCUT2D eigenvalue weighted by molar-refractivity contribution is 7.93. The number of fused-ring (bicyclic) bond motifs is 1. The van der Waals surface area contributed by atoms with Gasteiger partial charge in [0.1, 0.15) is 0 Å². The van der Waals surface area contributed by atoms with Crippen molar-refractivity contribution in [1.82, 2.24) is 4.98 Å². The van der Waals surface area contributed by atoms with Crippen LogP contribution >= 0.6 is 11.3 Å². The number of allylic oxidation sites excluding steroid dienone is 1. The van der Waals surface area contributed by atoms with E-state index in [1.54, 1.807) is 0 Å². The lowest BCUT2D eigenvalue weighted by Crippen LogP contribution is -2.06. The van der Waals surface area contributed by atoms with E-state index in [1.807, 2.05) is 0 Å². The maximum atomic E-state index is 12.1. The van der Waals surface area contributed by atoms with Crippen molar-refractivity contribution in [3.8, 4) is 0 Å². The minimum atomic E-state index is -3.84. The van der Waals surface area contributed by atoms with Crippen molar-refractivity contribution in [1.29, 1.82) is 0 Å². The van der Waals surface area contributed by atoms with Gasteiger partial charge in [0.15, 0.2) is 0 Å². The van der Waals surface area contributed by atoms with Crippen LogP contribution in [0.5, 0.6) is 0 Å². The van der Waals surface area contributed by atoms with Gasteiger partial charge in [-0.3, -0.25) is 0 Å². The van der Waals surface area contributed by atoms with Gasteiger partial charge in [-0.25, -0.2) is 18.2 Å². The second-order valence-corrected chi connectivity index (χ2v) is 8.50. The normalized spacial score (nSPS) is 11.3. The number of ether oxygens (including phenoxy) is 1. The van der Waals surface area contributed by atoms with Crippen molar-refractivity contribution < 1.29 is 35.5 Å². The number of aromatic nitrogens is 1. The zero-order valence-corrected chi connectivity index (χ0v) is 15.3. The molecular formula is C16H13F4NO4S2. The van der Waals surface area contributed by atoms with Gasteiger partial charge in [0.2, 0.25) is 14.2 Å². The molecular weight excluding hydrogens is 410 g/mol. The molecule has 2 rings (SSSR count). The molecule has 146 valence electrons. The van der Waals surface area contributed by atoms with Gasteiger partial charge in [-0.05, 0) is 36.8 Å². The lowest BCUT2D eigenvalue weighted by atomic mass is 10.2. The van der Waals surface area contributed by atoms with E-state index in [1.165, 1.54) is 18.2 Å². The van der Waals surface area contributed by atoms with E-state index >= 15 is 0 Å². The van der Waals surface area contributed by atoms with Crippen molar-refractivity contribution in [3.05, 3.63) is 48.1 Å². The van der Waals surface area contributed by atoms with Gasteiger partial charge in [-0.1, -0.05) is 0 Å². The Morgan fingerprint density at radius 3 is 2.44 bits per heavy atom. The second-order valence-electron chi connectivity index (χ2n) is 5.18. The van der Waals surface area contributed by atoms with E-state index in [0.717, 1.165) is 11.3 Å². The highest BCUT2D eigenvalue weighted by Crippen LogP contribution is 2.27. The molecule has 27 heavy (non-hydrogen) atoms. The van der Waals surface area contributed by atoms with Crippen LogP contribution in [0.2, 0.25) is 0 Å². The van der Waals surface area contributed by atoms with Crippen molar-refractivity contribution >= 4 is 37.4 Å². The molecule has 2 aromatic rings. The first-order valence-corrected chi connectivity index (χ1v) is 9.99. The standard InChI is InChI=1S/C16H13F4NO4S2/c17-13(18)3-1-7-25-15(22)10-5-6-12-11(9-10)21-16(26-12)27(23,24)8-2-4-14(19)20/h3-6,9H,1-2,7-8H2. The van der Waals surface area contributed by atoms with Crippen LogP contribution < -0.4 is 0 Å². The number of hydrogen-bond donors (Lipinski definition) is 0. The molecule has 1 aromatic carbocycles. The first-order valence-electron chi connectivity index (χ1n) is 7.52. The van der Waals surface area contributed by atoms with Gasteiger partial charge < -0.3 is 4.74 Å². The summed E-state index contributed by atoms with van der Waals surface area (Å²) in [6.07, 6.45) is -3.16. The quantitative estimate of drug-likeness (QED) is 0.353. The molecule has 0 aliphatic rings. The molecule has 0 aliphatic heterocycles. The van der Waals surface area contributed by atoms with Crippen molar-refractivity contribution in [2.24, 2.45) is 0 Å². The minimum absolute atomic E-state index is 0.0869. The van der Waals surface area contributed by atoms with E-state index in [4.69, 9.17) is 4.74 Å². The van der Waals surface area contributed by atoms with Gasteiger partial charge in [-0.2, -0.15) is 17.6 Å². The topological polar surface area (TPSA) is 73.3 Å². The Hall–Kier alpha value is -2.27. The maximum absolute atomic E-state index is 12.1. The van der Waals surface area contributed by atoms with Crippen LogP contribution in [-0.4, -0.2) is 31.7 Å². The fourth-order valence-corrected chi connectivity index (χ4v) is 4.52. The largest absolute Gasteiger partial charge is 0.462 e. The molecule has 0 spiro atoms. The zero-order chi connectivity index (χ0) is 20.0. The molecule has 0 amide bonds. The molecule has 0 fully saturated rings. The molecule has 0 aliphatic carbocycles.